The Morgan fingerprint density at radius 2 is 2.20 bits per heavy atom. The molecule has 20 heavy (non-hydrogen) atoms. The van der Waals surface area contributed by atoms with Gasteiger partial charge in [0.1, 0.15) is 6.07 Å². The summed E-state index contributed by atoms with van der Waals surface area (Å²) >= 11 is 0. The molecule has 1 atom stereocenters. The maximum atomic E-state index is 9.15. The molecular weight excluding hydrogens is 252 g/mol. The van der Waals surface area contributed by atoms with Gasteiger partial charge >= 0.3 is 0 Å². The maximum Gasteiger partial charge on any atom is 0.151 e. The van der Waals surface area contributed by atoms with Crippen molar-refractivity contribution < 1.29 is 4.74 Å². The summed E-state index contributed by atoms with van der Waals surface area (Å²) < 4.78 is 7.30. The number of ether oxygens (including phenoxy) is 1. The summed E-state index contributed by atoms with van der Waals surface area (Å²) in [6.07, 6.45) is 2.12. The third kappa shape index (κ3) is 2.38. The van der Waals surface area contributed by atoms with Crippen molar-refractivity contribution in [3.8, 4) is 11.8 Å². The molecule has 3 rings (SSSR count). The molecule has 1 aromatic carbocycles. The van der Waals surface area contributed by atoms with Crippen molar-refractivity contribution in [1.29, 1.82) is 5.26 Å². The first kappa shape index (κ1) is 12.7. The van der Waals surface area contributed by atoms with E-state index in [2.05, 4.69) is 23.0 Å². The van der Waals surface area contributed by atoms with Crippen molar-refractivity contribution >= 4 is 5.82 Å². The molecule has 0 unspecified atom stereocenters. The van der Waals surface area contributed by atoms with Crippen LogP contribution in [0.5, 0.6) is 0 Å². The van der Waals surface area contributed by atoms with Crippen molar-refractivity contribution in [1.82, 2.24) is 9.78 Å². The van der Waals surface area contributed by atoms with E-state index >= 15 is 0 Å². The largest absolute Gasteiger partial charge is 0.375 e. The molecule has 0 amide bonds. The number of morpholine rings is 1. The van der Waals surface area contributed by atoms with Gasteiger partial charge < -0.3 is 9.64 Å². The van der Waals surface area contributed by atoms with Gasteiger partial charge in [-0.25, -0.2) is 4.68 Å². The summed E-state index contributed by atoms with van der Waals surface area (Å²) in [5.41, 5.74) is 1.43. The molecule has 2 aromatic rings. The number of rotatable bonds is 2. The van der Waals surface area contributed by atoms with E-state index in [0.29, 0.717) is 5.56 Å². The van der Waals surface area contributed by atoms with Crippen LogP contribution in [0, 0.1) is 11.3 Å². The molecule has 1 fully saturated rings. The highest BCUT2D eigenvalue weighted by Gasteiger charge is 2.19. The fraction of sp³-hybridized carbons (Fsp3) is 0.333. The third-order valence-electron chi connectivity index (χ3n) is 3.41. The lowest BCUT2D eigenvalue weighted by Gasteiger charge is -2.31. The lowest BCUT2D eigenvalue weighted by atomic mass is 10.2. The second-order valence-electron chi connectivity index (χ2n) is 4.87. The molecular formula is C15H16N4O. The quantitative estimate of drug-likeness (QED) is 0.835. The Bertz CT molecular complexity index is 643. The van der Waals surface area contributed by atoms with E-state index in [0.717, 1.165) is 31.2 Å². The highest BCUT2D eigenvalue weighted by Crippen LogP contribution is 2.19. The number of aromatic nitrogens is 2. The summed E-state index contributed by atoms with van der Waals surface area (Å²) in [6.45, 7) is 4.48. The molecule has 0 N–H and O–H groups in total. The Balaban J connectivity index is 1.89. The van der Waals surface area contributed by atoms with Gasteiger partial charge in [-0.2, -0.15) is 10.4 Å². The van der Waals surface area contributed by atoms with Gasteiger partial charge in [0, 0.05) is 25.4 Å². The lowest BCUT2D eigenvalue weighted by Crippen LogP contribution is -2.41. The Morgan fingerprint density at radius 1 is 1.35 bits per heavy atom. The molecule has 0 saturated carbocycles. The highest BCUT2D eigenvalue weighted by molar-refractivity contribution is 5.49. The van der Waals surface area contributed by atoms with Crippen LogP contribution in [0.1, 0.15) is 12.5 Å². The lowest BCUT2D eigenvalue weighted by molar-refractivity contribution is 0.0529. The fourth-order valence-corrected chi connectivity index (χ4v) is 2.41. The van der Waals surface area contributed by atoms with E-state index in [1.54, 1.807) is 10.7 Å². The van der Waals surface area contributed by atoms with Crippen LogP contribution in [-0.2, 0) is 4.74 Å². The normalized spacial score (nSPS) is 18.8. The number of anilines is 1. The van der Waals surface area contributed by atoms with Gasteiger partial charge in [0.25, 0.3) is 0 Å². The molecule has 5 nitrogen and oxygen atoms in total. The van der Waals surface area contributed by atoms with Crippen molar-refractivity contribution in [3.63, 3.8) is 0 Å². The summed E-state index contributed by atoms with van der Waals surface area (Å²) in [4.78, 5) is 2.21. The number of nitrogens with zero attached hydrogens (tertiary/aromatic N) is 4. The average Bonchev–Trinajstić information content (AvgIpc) is 2.97. The molecule has 0 spiro atoms. The van der Waals surface area contributed by atoms with Gasteiger partial charge in [-0.05, 0) is 19.1 Å². The Morgan fingerprint density at radius 3 is 3.00 bits per heavy atom. The molecule has 102 valence electrons. The van der Waals surface area contributed by atoms with Crippen LogP contribution in [0.3, 0.4) is 0 Å². The molecule has 0 aliphatic carbocycles. The molecule has 2 heterocycles. The van der Waals surface area contributed by atoms with Crippen molar-refractivity contribution in [2.45, 2.75) is 13.0 Å². The predicted molar refractivity (Wildman–Crippen MR) is 75.9 cm³/mol. The molecule has 5 heteroatoms. The van der Waals surface area contributed by atoms with Crippen molar-refractivity contribution in [2.24, 2.45) is 0 Å². The molecule has 0 radical (unpaired) electrons. The predicted octanol–water partition coefficient (Wildman–Crippen LogP) is 1.97. The first-order valence-corrected chi connectivity index (χ1v) is 6.69. The number of nitriles is 1. The van der Waals surface area contributed by atoms with E-state index in [1.165, 1.54) is 0 Å². The Hall–Kier alpha value is -2.32. The van der Waals surface area contributed by atoms with E-state index in [9.17, 15) is 0 Å². The number of hydrogen-bond acceptors (Lipinski definition) is 4. The Labute approximate surface area is 118 Å². The van der Waals surface area contributed by atoms with Gasteiger partial charge in [0.15, 0.2) is 5.82 Å². The monoisotopic (exact) mass is 268 g/mol. The summed E-state index contributed by atoms with van der Waals surface area (Å²) in [6, 6.07) is 11.6. The van der Waals surface area contributed by atoms with Crippen molar-refractivity contribution in [2.75, 3.05) is 24.6 Å². The zero-order valence-electron chi connectivity index (χ0n) is 11.4. The van der Waals surface area contributed by atoms with Gasteiger partial charge in [0.2, 0.25) is 0 Å². The van der Waals surface area contributed by atoms with Gasteiger partial charge in [-0.3, -0.25) is 0 Å². The molecule has 0 bridgehead atoms. The van der Waals surface area contributed by atoms with E-state index in [4.69, 9.17) is 10.00 Å². The first-order chi connectivity index (χ1) is 9.78. The van der Waals surface area contributed by atoms with Crippen LogP contribution in [0.4, 0.5) is 5.82 Å². The Kier molecular flexibility index (Phi) is 3.40. The minimum absolute atomic E-state index is 0.222. The molecule has 1 aliphatic heterocycles. The van der Waals surface area contributed by atoms with E-state index in [1.807, 2.05) is 30.5 Å². The first-order valence-electron chi connectivity index (χ1n) is 6.69. The fourth-order valence-electron chi connectivity index (χ4n) is 2.41. The maximum absolute atomic E-state index is 9.15. The molecule has 1 saturated heterocycles. The SMILES string of the molecule is C[C@@H]1CN(c2ccn(-c3ccccc3C#N)n2)CCO1. The summed E-state index contributed by atoms with van der Waals surface area (Å²) in [5.74, 6) is 0.924. The summed E-state index contributed by atoms with van der Waals surface area (Å²) in [7, 11) is 0. The van der Waals surface area contributed by atoms with E-state index < -0.39 is 0 Å². The van der Waals surface area contributed by atoms with Crippen LogP contribution in [-0.4, -0.2) is 35.6 Å². The second kappa shape index (κ2) is 5.35. The minimum atomic E-state index is 0.222. The van der Waals surface area contributed by atoms with Crippen LogP contribution in [0.2, 0.25) is 0 Å². The van der Waals surface area contributed by atoms with E-state index in [-0.39, 0.29) is 6.10 Å². The smallest absolute Gasteiger partial charge is 0.151 e. The van der Waals surface area contributed by atoms with Crippen molar-refractivity contribution in [3.05, 3.63) is 42.1 Å². The van der Waals surface area contributed by atoms with Gasteiger partial charge in [-0.1, -0.05) is 12.1 Å². The topological polar surface area (TPSA) is 54.1 Å². The third-order valence-corrected chi connectivity index (χ3v) is 3.41. The minimum Gasteiger partial charge on any atom is -0.375 e. The number of para-hydroxylation sites is 1. The molecule has 1 aliphatic rings. The van der Waals surface area contributed by atoms with Crippen LogP contribution in [0.25, 0.3) is 5.69 Å². The second-order valence-corrected chi connectivity index (χ2v) is 4.87. The summed E-state index contributed by atoms with van der Waals surface area (Å²) in [5, 5.41) is 13.7. The number of hydrogen-bond donors (Lipinski definition) is 0. The van der Waals surface area contributed by atoms with Crippen LogP contribution < -0.4 is 4.90 Å². The van der Waals surface area contributed by atoms with Crippen LogP contribution >= 0.6 is 0 Å². The molecule has 1 aromatic heterocycles. The standard InChI is InChI=1S/C15H16N4O/c1-12-11-18(8-9-20-12)15-6-7-19(17-15)14-5-3-2-4-13(14)10-16/h2-7,12H,8-9,11H2,1H3/t12-/m1/s1. The zero-order valence-corrected chi connectivity index (χ0v) is 11.4. The average molecular weight is 268 g/mol. The van der Waals surface area contributed by atoms with Crippen LogP contribution in [0.15, 0.2) is 36.5 Å². The number of benzene rings is 1. The zero-order chi connectivity index (χ0) is 13.9. The van der Waals surface area contributed by atoms with Gasteiger partial charge in [0.05, 0.1) is 24.0 Å². The highest BCUT2D eigenvalue weighted by atomic mass is 16.5. The van der Waals surface area contributed by atoms with Gasteiger partial charge in [-0.15, -0.1) is 0 Å².